The molecule has 0 aromatic heterocycles. The van der Waals surface area contributed by atoms with Crippen LogP contribution in [0.15, 0.2) is 42.5 Å². The third-order valence-corrected chi connectivity index (χ3v) is 3.19. The van der Waals surface area contributed by atoms with Gasteiger partial charge in [-0.3, -0.25) is 9.59 Å². The summed E-state index contributed by atoms with van der Waals surface area (Å²) in [6.45, 7) is 0. The van der Waals surface area contributed by atoms with E-state index in [1.54, 1.807) is 30.3 Å². The number of amides is 1. The number of hydrogen-bond donors (Lipinski definition) is 2. The molecule has 21 heavy (non-hydrogen) atoms. The van der Waals surface area contributed by atoms with E-state index in [2.05, 4.69) is 0 Å². The minimum absolute atomic E-state index is 0.0282. The number of carbonyl (C=O) groups is 2. The van der Waals surface area contributed by atoms with Crippen molar-refractivity contribution in [2.24, 2.45) is 5.73 Å². The summed E-state index contributed by atoms with van der Waals surface area (Å²) >= 11 is 0. The zero-order valence-electron chi connectivity index (χ0n) is 11.4. The van der Waals surface area contributed by atoms with E-state index in [0.717, 1.165) is 0 Å². The van der Waals surface area contributed by atoms with Gasteiger partial charge in [0, 0.05) is 17.2 Å². The first-order valence-corrected chi connectivity index (χ1v) is 6.28. The standard InChI is InChI=1S/C16H15NO4/c1-21-14-8-12(19)5-6-13(14)15(16(17)20)11-4-2-3-10(7-11)9-18/h2-9,15,19H,1H3,(H2,17,20)/t15-/m1/s1. The Morgan fingerprint density at radius 1 is 1.29 bits per heavy atom. The fourth-order valence-electron chi connectivity index (χ4n) is 2.25. The molecule has 0 bridgehead atoms. The number of aldehydes is 1. The Hall–Kier alpha value is -2.82. The van der Waals surface area contributed by atoms with Crippen molar-refractivity contribution in [1.29, 1.82) is 0 Å². The van der Waals surface area contributed by atoms with Crippen molar-refractivity contribution in [1.82, 2.24) is 0 Å². The van der Waals surface area contributed by atoms with Gasteiger partial charge < -0.3 is 15.6 Å². The molecule has 0 aliphatic carbocycles. The van der Waals surface area contributed by atoms with Crippen LogP contribution in [0.25, 0.3) is 0 Å². The zero-order chi connectivity index (χ0) is 15.4. The summed E-state index contributed by atoms with van der Waals surface area (Å²) in [6.07, 6.45) is 0.704. The number of primary amides is 1. The molecule has 2 aromatic carbocycles. The number of phenols is 1. The van der Waals surface area contributed by atoms with E-state index < -0.39 is 11.8 Å². The minimum atomic E-state index is -0.763. The second-order valence-electron chi connectivity index (χ2n) is 4.55. The summed E-state index contributed by atoms with van der Waals surface area (Å²) in [5.41, 5.74) is 7.09. The third-order valence-electron chi connectivity index (χ3n) is 3.19. The fraction of sp³-hybridized carbons (Fsp3) is 0.125. The van der Waals surface area contributed by atoms with Crippen LogP contribution >= 0.6 is 0 Å². The molecule has 0 unspecified atom stereocenters. The van der Waals surface area contributed by atoms with Gasteiger partial charge in [-0.1, -0.05) is 24.3 Å². The molecular weight excluding hydrogens is 270 g/mol. The average molecular weight is 285 g/mol. The van der Waals surface area contributed by atoms with Gasteiger partial charge >= 0.3 is 0 Å². The van der Waals surface area contributed by atoms with Gasteiger partial charge in [0.2, 0.25) is 5.91 Å². The summed E-state index contributed by atoms with van der Waals surface area (Å²) in [5.74, 6) is -0.946. The maximum absolute atomic E-state index is 11.9. The molecule has 0 saturated carbocycles. The van der Waals surface area contributed by atoms with Gasteiger partial charge in [-0.05, 0) is 17.7 Å². The highest BCUT2D eigenvalue weighted by Crippen LogP contribution is 2.34. The second kappa shape index (κ2) is 6.09. The number of carbonyl (C=O) groups excluding carboxylic acids is 2. The Morgan fingerprint density at radius 3 is 2.67 bits per heavy atom. The van der Waals surface area contributed by atoms with Crippen molar-refractivity contribution in [3.63, 3.8) is 0 Å². The van der Waals surface area contributed by atoms with Crippen LogP contribution in [0.2, 0.25) is 0 Å². The summed E-state index contributed by atoms with van der Waals surface area (Å²) < 4.78 is 5.20. The van der Waals surface area contributed by atoms with Gasteiger partial charge in [0.15, 0.2) is 0 Å². The molecule has 2 aromatic rings. The van der Waals surface area contributed by atoms with Crippen molar-refractivity contribution in [2.75, 3.05) is 7.11 Å². The molecular formula is C16H15NO4. The van der Waals surface area contributed by atoms with E-state index >= 15 is 0 Å². The Bertz CT molecular complexity index is 682. The van der Waals surface area contributed by atoms with E-state index in [-0.39, 0.29) is 5.75 Å². The van der Waals surface area contributed by atoms with Crippen molar-refractivity contribution >= 4 is 12.2 Å². The molecule has 3 N–H and O–H groups in total. The molecule has 108 valence electrons. The average Bonchev–Trinajstić information content (AvgIpc) is 2.48. The number of nitrogens with two attached hydrogens (primary N) is 1. The lowest BCUT2D eigenvalue weighted by atomic mass is 9.89. The zero-order valence-corrected chi connectivity index (χ0v) is 11.4. The van der Waals surface area contributed by atoms with Gasteiger partial charge in [-0.25, -0.2) is 0 Å². The van der Waals surface area contributed by atoms with E-state index in [1.165, 1.54) is 19.2 Å². The summed E-state index contributed by atoms with van der Waals surface area (Å²) in [5, 5.41) is 9.50. The van der Waals surface area contributed by atoms with Crippen LogP contribution in [0.5, 0.6) is 11.5 Å². The van der Waals surface area contributed by atoms with Crippen LogP contribution in [0.1, 0.15) is 27.4 Å². The molecule has 1 amide bonds. The molecule has 1 atom stereocenters. The number of aromatic hydroxyl groups is 1. The van der Waals surface area contributed by atoms with E-state index in [9.17, 15) is 14.7 Å². The molecule has 0 fully saturated rings. The lowest BCUT2D eigenvalue weighted by molar-refractivity contribution is -0.118. The van der Waals surface area contributed by atoms with Crippen LogP contribution in [0.3, 0.4) is 0 Å². The van der Waals surface area contributed by atoms with Gasteiger partial charge in [-0.2, -0.15) is 0 Å². The maximum atomic E-state index is 11.9. The van der Waals surface area contributed by atoms with Gasteiger partial charge in [0.05, 0.1) is 13.0 Å². The van der Waals surface area contributed by atoms with Crippen molar-refractivity contribution < 1.29 is 19.4 Å². The lowest BCUT2D eigenvalue weighted by Gasteiger charge is -2.18. The number of methoxy groups -OCH3 is 1. The highest BCUT2D eigenvalue weighted by molar-refractivity contribution is 5.87. The first-order chi connectivity index (χ1) is 10.1. The summed E-state index contributed by atoms with van der Waals surface area (Å²) in [7, 11) is 1.44. The van der Waals surface area contributed by atoms with Crippen molar-refractivity contribution in [3.05, 3.63) is 59.2 Å². The second-order valence-corrected chi connectivity index (χ2v) is 4.55. The number of benzene rings is 2. The molecule has 0 heterocycles. The highest BCUT2D eigenvalue weighted by atomic mass is 16.5. The van der Waals surface area contributed by atoms with Crippen LogP contribution in [0.4, 0.5) is 0 Å². The van der Waals surface area contributed by atoms with Gasteiger partial charge in [0.1, 0.15) is 17.8 Å². The quantitative estimate of drug-likeness (QED) is 0.820. The Balaban J connectivity index is 2.58. The third kappa shape index (κ3) is 3.02. The predicted molar refractivity (Wildman–Crippen MR) is 77.5 cm³/mol. The molecule has 5 nitrogen and oxygen atoms in total. The topological polar surface area (TPSA) is 89.6 Å². The number of hydrogen-bond acceptors (Lipinski definition) is 4. The molecule has 5 heteroatoms. The van der Waals surface area contributed by atoms with Crippen molar-refractivity contribution in [2.45, 2.75) is 5.92 Å². The highest BCUT2D eigenvalue weighted by Gasteiger charge is 2.24. The first-order valence-electron chi connectivity index (χ1n) is 6.28. The number of phenolic OH excluding ortho intramolecular Hbond substituents is 1. The molecule has 0 aliphatic rings. The van der Waals surface area contributed by atoms with E-state index in [1.807, 2.05) is 0 Å². The monoisotopic (exact) mass is 285 g/mol. The van der Waals surface area contributed by atoms with E-state index in [0.29, 0.717) is 28.7 Å². The van der Waals surface area contributed by atoms with Gasteiger partial charge in [0.25, 0.3) is 0 Å². The fourth-order valence-corrected chi connectivity index (χ4v) is 2.25. The number of rotatable bonds is 5. The Kier molecular flexibility index (Phi) is 4.23. The smallest absolute Gasteiger partial charge is 0.229 e. The van der Waals surface area contributed by atoms with Gasteiger partial charge in [-0.15, -0.1) is 0 Å². The molecule has 0 spiro atoms. The molecule has 0 saturated heterocycles. The predicted octanol–water partition coefficient (Wildman–Crippen LogP) is 1.83. The molecule has 0 radical (unpaired) electrons. The summed E-state index contributed by atoms with van der Waals surface area (Å²) in [6, 6.07) is 11.1. The molecule has 2 rings (SSSR count). The van der Waals surface area contributed by atoms with Crippen LogP contribution in [-0.4, -0.2) is 24.4 Å². The van der Waals surface area contributed by atoms with Crippen molar-refractivity contribution in [3.8, 4) is 11.5 Å². The normalized spacial score (nSPS) is 11.7. The van der Waals surface area contributed by atoms with Crippen LogP contribution in [0, 0.1) is 0 Å². The number of ether oxygens (including phenoxy) is 1. The SMILES string of the molecule is COc1cc(O)ccc1[C@H](C(N)=O)c1cccc(C=O)c1. The Morgan fingerprint density at radius 2 is 2.05 bits per heavy atom. The lowest BCUT2D eigenvalue weighted by Crippen LogP contribution is -2.23. The Labute approximate surface area is 122 Å². The van der Waals surface area contributed by atoms with Crippen LogP contribution < -0.4 is 10.5 Å². The maximum Gasteiger partial charge on any atom is 0.229 e. The van der Waals surface area contributed by atoms with Crippen LogP contribution in [-0.2, 0) is 4.79 Å². The minimum Gasteiger partial charge on any atom is -0.508 e. The van der Waals surface area contributed by atoms with E-state index in [4.69, 9.17) is 10.5 Å². The largest absolute Gasteiger partial charge is 0.508 e. The molecule has 0 aliphatic heterocycles. The summed E-state index contributed by atoms with van der Waals surface area (Å²) in [4.78, 5) is 22.8. The first kappa shape index (κ1) is 14.6.